The van der Waals surface area contributed by atoms with E-state index >= 15 is 0 Å². The zero-order valence-corrected chi connectivity index (χ0v) is 14.1. The minimum atomic E-state index is -0.154. The monoisotopic (exact) mass is 315 g/mol. The van der Waals surface area contributed by atoms with Crippen molar-refractivity contribution >= 4 is 17.6 Å². The van der Waals surface area contributed by atoms with Crippen LogP contribution in [-0.2, 0) is 4.74 Å². The number of nitrogens with one attached hydrogen (secondary N) is 1. The summed E-state index contributed by atoms with van der Waals surface area (Å²) in [7, 11) is 0. The Morgan fingerprint density at radius 1 is 1.08 bits per heavy atom. The lowest BCUT2D eigenvalue weighted by Gasteiger charge is -2.43. The Labute approximate surface area is 142 Å². The fourth-order valence-corrected chi connectivity index (χ4v) is 4.33. The van der Waals surface area contributed by atoms with E-state index in [1.807, 2.05) is 0 Å². The summed E-state index contributed by atoms with van der Waals surface area (Å²) >= 11 is 0. The first-order valence-electron chi connectivity index (χ1n) is 8.74. The fraction of sp³-hybridized carbons (Fsp3) is 0.273. The summed E-state index contributed by atoms with van der Waals surface area (Å²) < 4.78 is 6.61. The van der Waals surface area contributed by atoms with E-state index in [1.165, 1.54) is 27.3 Å². The highest BCUT2D eigenvalue weighted by Gasteiger charge is 2.41. The van der Waals surface area contributed by atoms with Crippen LogP contribution in [-0.4, -0.2) is 5.54 Å². The summed E-state index contributed by atoms with van der Waals surface area (Å²) in [5.74, 6) is 2.60. The van der Waals surface area contributed by atoms with Gasteiger partial charge in [0.2, 0.25) is 0 Å². The van der Waals surface area contributed by atoms with Gasteiger partial charge in [0.15, 0.2) is 5.76 Å². The number of ether oxygens (including phenoxy) is 1. The first-order valence-corrected chi connectivity index (χ1v) is 8.74. The second kappa shape index (κ2) is 4.76. The standard InChI is InChI=1S/C22H21NO/c1-14-13-19-20(18-10-6-5-8-16(14)18)24-21-17-9-4-3-7-15(17)11-12-22(21,2)23-19/h3-11,14,23H,12-13H2,1-2H3. The molecule has 1 N–H and O–H groups in total. The summed E-state index contributed by atoms with van der Waals surface area (Å²) in [6, 6.07) is 17.2. The van der Waals surface area contributed by atoms with Gasteiger partial charge < -0.3 is 10.1 Å². The van der Waals surface area contributed by atoms with E-state index in [2.05, 4.69) is 73.8 Å². The lowest BCUT2D eigenvalue weighted by atomic mass is 9.81. The van der Waals surface area contributed by atoms with Crippen LogP contribution in [0.5, 0.6) is 0 Å². The quantitative estimate of drug-likeness (QED) is 0.806. The predicted molar refractivity (Wildman–Crippen MR) is 97.2 cm³/mol. The van der Waals surface area contributed by atoms with Crippen LogP contribution in [0.2, 0.25) is 0 Å². The van der Waals surface area contributed by atoms with Gasteiger partial charge in [-0.05, 0) is 36.5 Å². The second-order valence-corrected chi connectivity index (χ2v) is 7.38. The highest BCUT2D eigenvalue weighted by atomic mass is 16.5. The highest BCUT2D eigenvalue weighted by molar-refractivity contribution is 5.76. The van der Waals surface area contributed by atoms with Gasteiger partial charge in [0.1, 0.15) is 5.76 Å². The molecule has 1 aliphatic heterocycles. The molecule has 2 heteroatoms. The van der Waals surface area contributed by atoms with Crippen LogP contribution in [0.1, 0.15) is 43.7 Å². The summed E-state index contributed by atoms with van der Waals surface area (Å²) in [5, 5.41) is 6.31. The van der Waals surface area contributed by atoms with E-state index in [9.17, 15) is 0 Å². The molecule has 0 saturated heterocycles. The van der Waals surface area contributed by atoms with Crippen LogP contribution in [0.15, 0.2) is 54.2 Å². The second-order valence-electron chi connectivity index (χ2n) is 7.38. The summed E-state index contributed by atoms with van der Waals surface area (Å²) in [6.45, 7) is 4.55. The van der Waals surface area contributed by atoms with Gasteiger partial charge >= 0.3 is 0 Å². The molecule has 5 rings (SSSR count). The first kappa shape index (κ1) is 13.9. The molecule has 0 fully saturated rings. The number of benzene rings is 2. The third kappa shape index (κ3) is 1.83. The lowest BCUT2D eigenvalue weighted by molar-refractivity contribution is 0.306. The van der Waals surface area contributed by atoms with Gasteiger partial charge in [-0.1, -0.05) is 61.5 Å². The average Bonchev–Trinajstić information content (AvgIpc) is 2.60. The van der Waals surface area contributed by atoms with E-state index in [0.717, 1.165) is 24.4 Å². The summed E-state index contributed by atoms with van der Waals surface area (Å²) in [4.78, 5) is 0. The average molecular weight is 315 g/mol. The van der Waals surface area contributed by atoms with Gasteiger partial charge in [0, 0.05) is 10.8 Å². The van der Waals surface area contributed by atoms with Crippen molar-refractivity contribution in [2.75, 3.05) is 0 Å². The molecular weight excluding hydrogens is 294 g/mol. The normalized spacial score (nSPS) is 26.9. The molecule has 2 aromatic rings. The third-order valence-electron chi connectivity index (χ3n) is 5.59. The molecule has 2 aliphatic carbocycles. The van der Waals surface area contributed by atoms with Crippen LogP contribution >= 0.6 is 0 Å². The van der Waals surface area contributed by atoms with Crippen LogP contribution in [0.3, 0.4) is 0 Å². The van der Waals surface area contributed by atoms with Crippen LogP contribution in [0, 0.1) is 0 Å². The topological polar surface area (TPSA) is 21.3 Å². The number of rotatable bonds is 0. The molecule has 2 unspecified atom stereocenters. The van der Waals surface area contributed by atoms with E-state index in [4.69, 9.17) is 4.74 Å². The Morgan fingerprint density at radius 3 is 2.79 bits per heavy atom. The van der Waals surface area contributed by atoms with Crippen molar-refractivity contribution in [2.24, 2.45) is 0 Å². The maximum atomic E-state index is 6.61. The molecule has 0 saturated carbocycles. The Hall–Kier alpha value is -2.48. The molecule has 0 spiro atoms. The number of hydrogen-bond acceptors (Lipinski definition) is 2. The number of hydrogen-bond donors (Lipinski definition) is 1. The molecule has 2 nitrogen and oxygen atoms in total. The van der Waals surface area contributed by atoms with Crippen molar-refractivity contribution in [1.29, 1.82) is 0 Å². The molecule has 0 amide bonds. The predicted octanol–water partition coefficient (Wildman–Crippen LogP) is 3.23. The summed E-state index contributed by atoms with van der Waals surface area (Å²) in [5.41, 5.74) is 3.72. The molecule has 120 valence electrons. The minimum absolute atomic E-state index is 0.154. The Morgan fingerprint density at radius 2 is 1.88 bits per heavy atom. The number of fused-ring (bicyclic) bond motifs is 4. The molecule has 2 atom stereocenters. The Kier molecular flexibility index (Phi) is 2.76. The van der Waals surface area contributed by atoms with Gasteiger partial charge in [-0.25, -0.2) is 0 Å². The van der Waals surface area contributed by atoms with Crippen molar-refractivity contribution in [3.63, 3.8) is 0 Å². The van der Waals surface area contributed by atoms with Crippen molar-refractivity contribution in [1.82, 2.24) is 5.32 Å². The van der Waals surface area contributed by atoms with E-state index in [0.29, 0.717) is 5.92 Å². The molecule has 0 radical (unpaired) electrons. The van der Waals surface area contributed by atoms with Crippen molar-refractivity contribution in [2.45, 2.75) is 38.1 Å². The van der Waals surface area contributed by atoms with E-state index in [1.54, 1.807) is 0 Å². The molecule has 0 aromatic heterocycles. The highest BCUT2D eigenvalue weighted by Crippen LogP contribution is 2.44. The van der Waals surface area contributed by atoms with Crippen molar-refractivity contribution in [3.8, 4) is 0 Å². The van der Waals surface area contributed by atoms with E-state index < -0.39 is 0 Å². The smallest absolute Gasteiger partial charge is 0.153 e. The maximum absolute atomic E-state index is 6.61. The Bertz CT molecular complexity index is 1000. The largest absolute Gasteiger partial charge is 0.456 e. The van der Waals surface area contributed by atoms with Gasteiger partial charge in [-0.3, -0.25) is 0 Å². The zero-order chi connectivity index (χ0) is 16.3. The van der Waals surface area contributed by atoms with Crippen molar-refractivity contribution < 1.29 is 4.74 Å². The minimum Gasteiger partial charge on any atom is -0.456 e. The first-order chi connectivity index (χ1) is 11.7. The molecular formula is C22H21NO. The van der Waals surface area contributed by atoms with Gasteiger partial charge in [-0.2, -0.15) is 0 Å². The van der Waals surface area contributed by atoms with Crippen molar-refractivity contribution in [3.05, 3.63) is 75.8 Å². The SMILES string of the molecule is CC1CC2=C(OC3=c4ccccc4=CCC3(C)N2)c2ccccc21. The number of allylic oxidation sites excluding steroid dienone is 1. The lowest BCUT2D eigenvalue weighted by Crippen LogP contribution is -2.53. The maximum Gasteiger partial charge on any atom is 0.153 e. The molecule has 2 aromatic carbocycles. The fourth-order valence-electron chi connectivity index (χ4n) is 4.33. The molecule has 0 bridgehead atoms. The van der Waals surface area contributed by atoms with Gasteiger partial charge in [-0.15, -0.1) is 0 Å². The molecule has 24 heavy (non-hydrogen) atoms. The summed E-state index contributed by atoms with van der Waals surface area (Å²) in [6.07, 6.45) is 4.28. The van der Waals surface area contributed by atoms with Crippen LogP contribution in [0.25, 0.3) is 17.6 Å². The third-order valence-corrected chi connectivity index (χ3v) is 5.59. The zero-order valence-electron chi connectivity index (χ0n) is 14.1. The van der Waals surface area contributed by atoms with Gasteiger partial charge in [0.05, 0.1) is 11.2 Å². The molecule has 3 aliphatic rings. The Balaban J connectivity index is 1.76. The van der Waals surface area contributed by atoms with Gasteiger partial charge in [0.25, 0.3) is 0 Å². The van der Waals surface area contributed by atoms with Crippen LogP contribution < -0.4 is 15.8 Å². The van der Waals surface area contributed by atoms with Crippen LogP contribution in [0.4, 0.5) is 0 Å². The van der Waals surface area contributed by atoms with E-state index in [-0.39, 0.29) is 5.54 Å². The molecule has 1 heterocycles.